The Morgan fingerprint density at radius 3 is 2.55 bits per heavy atom. The van der Waals surface area contributed by atoms with E-state index in [1.54, 1.807) is 0 Å². The Kier molecular flexibility index (Phi) is 5.16. The minimum Gasteiger partial charge on any atom is -0.350 e. The molecule has 1 N–H and O–H groups in total. The van der Waals surface area contributed by atoms with Crippen LogP contribution in [-0.4, -0.2) is 42.0 Å². The first-order valence-electron chi connectivity index (χ1n) is 7.40. The van der Waals surface area contributed by atoms with E-state index in [4.69, 9.17) is 0 Å². The van der Waals surface area contributed by atoms with E-state index >= 15 is 0 Å². The van der Waals surface area contributed by atoms with Gasteiger partial charge in [-0.1, -0.05) is 13.8 Å². The Morgan fingerprint density at radius 2 is 2.00 bits per heavy atom. The van der Waals surface area contributed by atoms with E-state index in [2.05, 4.69) is 29.0 Å². The van der Waals surface area contributed by atoms with Crippen molar-refractivity contribution in [3.8, 4) is 0 Å². The van der Waals surface area contributed by atoms with E-state index in [0.29, 0.717) is 6.54 Å². The van der Waals surface area contributed by atoms with Crippen LogP contribution in [0.3, 0.4) is 0 Å². The monoisotopic (exact) mass is 295 g/mol. The number of nitrogens with zero attached hydrogens (tertiary/aromatic N) is 2. The van der Waals surface area contributed by atoms with Gasteiger partial charge < -0.3 is 10.2 Å². The molecule has 0 aromatic carbocycles. The first-order chi connectivity index (χ1) is 9.45. The number of carbonyl (C=O) groups excluding carboxylic acids is 1. The Bertz CT molecular complexity index is 462. The minimum absolute atomic E-state index is 0.0196. The highest BCUT2D eigenvalue weighted by molar-refractivity contribution is 7.13. The highest BCUT2D eigenvalue weighted by Crippen LogP contribution is 2.20. The summed E-state index contributed by atoms with van der Waals surface area (Å²) < 4.78 is 0. The van der Waals surface area contributed by atoms with Gasteiger partial charge in [0.05, 0.1) is 10.7 Å². The Hall–Kier alpha value is -0.940. The number of aromatic nitrogens is 1. The highest BCUT2D eigenvalue weighted by Gasteiger charge is 2.21. The summed E-state index contributed by atoms with van der Waals surface area (Å²) in [5.74, 6) is 1.55. The minimum atomic E-state index is 0.0196. The number of likely N-dealkylation sites (tertiary alicyclic amines) is 1. The van der Waals surface area contributed by atoms with Crippen molar-refractivity contribution >= 4 is 17.2 Å². The van der Waals surface area contributed by atoms with Crippen molar-refractivity contribution in [1.82, 2.24) is 15.2 Å². The van der Waals surface area contributed by atoms with Crippen molar-refractivity contribution in [3.05, 3.63) is 15.6 Å². The number of nitrogens with one attached hydrogen (secondary N) is 1. The molecule has 0 aliphatic carbocycles. The number of thiazole rings is 1. The molecule has 1 saturated heterocycles. The maximum Gasteiger partial charge on any atom is 0.263 e. The molecular weight excluding hydrogens is 270 g/mol. The summed E-state index contributed by atoms with van der Waals surface area (Å²) in [6.07, 6.45) is 1.32. The smallest absolute Gasteiger partial charge is 0.263 e. The van der Waals surface area contributed by atoms with Gasteiger partial charge in [-0.05, 0) is 32.1 Å². The fourth-order valence-electron chi connectivity index (χ4n) is 3.12. The largest absolute Gasteiger partial charge is 0.350 e. The second kappa shape index (κ2) is 6.68. The van der Waals surface area contributed by atoms with Crippen LogP contribution in [0.15, 0.2) is 0 Å². The normalized spacial score (nSPS) is 23.8. The van der Waals surface area contributed by atoms with E-state index in [1.807, 2.05) is 13.8 Å². The molecule has 20 heavy (non-hydrogen) atoms. The fourth-order valence-corrected chi connectivity index (χ4v) is 3.96. The lowest BCUT2D eigenvalue weighted by atomic mass is 9.92. The van der Waals surface area contributed by atoms with Crippen molar-refractivity contribution in [2.75, 3.05) is 26.2 Å². The molecule has 1 fully saturated rings. The molecule has 2 atom stereocenters. The maximum atomic E-state index is 12.1. The predicted molar refractivity (Wildman–Crippen MR) is 83.3 cm³/mol. The predicted octanol–water partition coefficient (Wildman–Crippen LogP) is 2.47. The maximum absolute atomic E-state index is 12.1. The third-order valence-corrected chi connectivity index (χ3v) is 4.84. The van der Waals surface area contributed by atoms with Crippen LogP contribution in [0, 0.1) is 25.7 Å². The molecule has 2 rings (SSSR count). The SMILES string of the molecule is Cc1nc(C)c(C(=O)NCCN2CC(C)CC(C)C2)s1. The number of piperidine rings is 1. The third kappa shape index (κ3) is 4.03. The quantitative estimate of drug-likeness (QED) is 0.928. The molecule has 1 aliphatic heterocycles. The third-order valence-electron chi connectivity index (χ3n) is 3.77. The van der Waals surface area contributed by atoms with Gasteiger partial charge in [0.25, 0.3) is 5.91 Å². The summed E-state index contributed by atoms with van der Waals surface area (Å²) in [6, 6.07) is 0. The van der Waals surface area contributed by atoms with Crippen molar-refractivity contribution < 1.29 is 4.79 Å². The number of carbonyl (C=O) groups is 1. The van der Waals surface area contributed by atoms with E-state index in [1.165, 1.54) is 17.8 Å². The van der Waals surface area contributed by atoms with Gasteiger partial charge in [-0.15, -0.1) is 11.3 Å². The first-order valence-corrected chi connectivity index (χ1v) is 8.22. The van der Waals surface area contributed by atoms with Gasteiger partial charge in [0.2, 0.25) is 0 Å². The Labute approximate surface area is 125 Å². The number of hydrogen-bond donors (Lipinski definition) is 1. The van der Waals surface area contributed by atoms with Crippen LogP contribution in [0.2, 0.25) is 0 Å². The molecule has 0 bridgehead atoms. The van der Waals surface area contributed by atoms with Crippen LogP contribution in [0.25, 0.3) is 0 Å². The van der Waals surface area contributed by atoms with Gasteiger partial charge in [-0.2, -0.15) is 0 Å². The fraction of sp³-hybridized carbons (Fsp3) is 0.733. The topological polar surface area (TPSA) is 45.2 Å². The molecule has 4 nitrogen and oxygen atoms in total. The van der Waals surface area contributed by atoms with Crippen molar-refractivity contribution in [2.45, 2.75) is 34.1 Å². The second-order valence-corrected chi connectivity index (χ2v) is 7.31. The zero-order valence-corrected chi connectivity index (χ0v) is 13.7. The van der Waals surface area contributed by atoms with Crippen LogP contribution in [-0.2, 0) is 0 Å². The molecule has 0 radical (unpaired) electrons. The van der Waals surface area contributed by atoms with Gasteiger partial charge in [0, 0.05) is 26.2 Å². The number of aryl methyl sites for hydroxylation is 2. The molecule has 1 aliphatic rings. The summed E-state index contributed by atoms with van der Waals surface area (Å²) in [5, 5.41) is 3.97. The molecule has 112 valence electrons. The van der Waals surface area contributed by atoms with Crippen molar-refractivity contribution in [3.63, 3.8) is 0 Å². The standard InChI is InChI=1S/C15H25N3OS/c1-10-7-11(2)9-18(8-10)6-5-16-15(19)14-12(3)17-13(4)20-14/h10-11H,5-9H2,1-4H3,(H,16,19). The van der Waals surface area contributed by atoms with Gasteiger partial charge in [-0.25, -0.2) is 4.98 Å². The number of hydrogen-bond acceptors (Lipinski definition) is 4. The van der Waals surface area contributed by atoms with Gasteiger partial charge in [0.1, 0.15) is 4.88 Å². The molecule has 0 saturated carbocycles. The van der Waals surface area contributed by atoms with Crippen molar-refractivity contribution in [2.24, 2.45) is 11.8 Å². The number of rotatable bonds is 4. The molecular formula is C15H25N3OS. The van der Waals surface area contributed by atoms with Crippen LogP contribution < -0.4 is 5.32 Å². The van der Waals surface area contributed by atoms with E-state index in [0.717, 1.165) is 47.0 Å². The molecule has 1 aromatic heterocycles. The van der Waals surface area contributed by atoms with Crippen LogP contribution >= 0.6 is 11.3 Å². The molecule has 5 heteroatoms. The molecule has 0 spiro atoms. The lowest BCUT2D eigenvalue weighted by Crippen LogP contribution is -2.42. The molecule has 1 amide bonds. The van der Waals surface area contributed by atoms with Crippen LogP contribution in [0.1, 0.15) is 40.6 Å². The Morgan fingerprint density at radius 1 is 1.35 bits per heavy atom. The van der Waals surface area contributed by atoms with Crippen LogP contribution in [0.4, 0.5) is 0 Å². The highest BCUT2D eigenvalue weighted by atomic mass is 32.1. The average Bonchev–Trinajstić information content (AvgIpc) is 2.67. The molecule has 2 heterocycles. The Balaban J connectivity index is 1.78. The lowest BCUT2D eigenvalue weighted by molar-refractivity contribution is 0.0940. The van der Waals surface area contributed by atoms with Gasteiger partial charge >= 0.3 is 0 Å². The van der Waals surface area contributed by atoms with Gasteiger partial charge in [0.15, 0.2) is 0 Å². The zero-order valence-electron chi connectivity index (χ0n) is 12.9. The summed E-state index contributed by atoms with van der Waals surface area (Å²) in [6.45, 7) is 12.4. The summed E-state index contributed by atoms with van der Waals surface area (Å²) >= 11 is 1.47. The summed E-state index contributed by atoms with van der Waals surface area (Å²) in [5.41, 5.74) is 0.838. The lowest BCUT2D eigenvalue weighted by Gasteiger charge is -2.34. The molecule has 1 aromatic rings. The van der Waals surface area contributed by atoms with E-state index in [9.17, 15) is 4.79 Å². The van der Waals surface area contributed by atoms with E-state index in [-0.39, 0.29) is 5.91 Å². The summed E-state index contributed by atoms with van der Waals surface area (Å²) in [7, 11) is 0. The number of amides is 1. The first kappa shape index (κ1) is 15.4. The van der Waals surface area contributed by atoms with Crippen molar-refractivity contribution in [1.29, 1.82) is 0 Å². The van der Waals surface area contributed by atoms with E-state index < -0.39 is 0 Å². The van der Waals surface area contributed by atoms with Gasteiger partial charge in [-0.3, -0.25) is 4.79 Å². The van der Waals surface area contributed by atoms with Crippen LogP contribution in [0.5, 0.6) is 0 Å². The second-order valence-electron chi connectivity index (χ2n) is 6.11. The average molecular weight is 295 g/mol. The summed E-state index contributed by atoms with van der Waals surface area (Å²) in [4.78, 5) is 19.6. The zero-order chi connectivity index (χ0) is 14.7. The molecule has 2 unspecified atom stereocenters.